The van der Waals surface area contributed by atoms with Crippen molar-refractivity contribution in [3.05, 3.63) is 42.1 Å². The Kier molecular flexibility index (Phi) is 4.17. The van der Waals surface area contributed by atoms with Crippen molar-refractivity contribution in [2.45, 2.75) is 57.5 Å². The lowest BCUT2D eigenvalue weighted by Gasteiger charge is -2.24. The van der Waals surface area contributed by atoms with Crippen LogP contribution in [0, 0.1) is 5.92 Å². The number of hydrogen-bond donors (Lipinski definition) is 0. The number of amides is 1. The third-order valence-electron chi connectivity index (χ3n) is 5.40. The van der Waals surface area contributed by atoms with Crippen LogP contribution < -0.4 is 0 Å². The number of hydrogen-bond acceptors (Lipinski definition) is 3. The van der Waals surface area contributed by atoms with Crippen molar-refractivity contribution in [3.63, 3.8) is 0 Å². The second kappa shape index (κ2) is 6.46. The van der Waals surface area contributed by atoms with Crippen LogP contribution in [0.25, 0.3) is 0 Å². The SMILES string of the molecule is CC1CC1c1ccc(CCC(=O)N2CCCC2Cn2cccn2)o1. The van der Waals surface area contributed by atoms with Gasteiger partial charge >= 0.3 is 0 Å². The highest BCUT2D eigenvalue weighted by Crippen LogP contribution is 2.47. The van der Waals surface area contributed by atoms with Gasteiger partial charge in [-0.25, -0.2) is 0 Å². The van der Waals surface area contributed by atoms with Crippen molar-refractivity contribution in [2.24, 2.45) is 5.92 Å². The molecule has 5 heteroatoms. The molecule has 3 atom stereocenters. The first-order valence-electron chi connectivity index (χ1n) is 9.06. The summed E-state index contributed by atoms with van der Waals surface area (Å²) in [5.41, 5.74) is 0. The number of furan rings is 1. The highest BCUT2D eigenvalue weighted by atomic mass is 16.3. The number of aromatic nitrogens is 2. The molecule has 1 saturated carbocycles. The maximum absolute atomic E-state index is 12.6. The lowest BCUT2D eigenvalue weighted by Crippen LogP contribution is -2.38. The Bertz CT molecular complexity index is 691. The van der Waals surface area contributed by atoms with E-state index in [4.69, 9.17) is 4.42 Å². The molecule has 0 spiro atoms. The number of aryl methyl sites for hydroxylation is 1. The zero-order chi connectivity index (χ0) is 16.5. The number of likely N-dealkylation sites (tertiary alicyclic amines) is 1. The summed E-state index contributed by atoms with van der Waals surface area (Å²) in [4.78, 5) is 14.7. The third kappa shape index (κ3) is 3.25. The molecule has 2 aromatic heterocycles. The number of carbonyl (C=O) groups excluding carboxylic acids is 1. The quantitative estimate of drug-likeness (QED) is 0.818. The Hall–Kier alpha value is -2.04. The first-order valence-corrected chi connectivity index (χ1v) is 9.06. The molecule has 0 aromatic carbocycles. The summed E-state index contributed by atoms with van der Waals surface area (Å²) in [5.74, 6) is 3.63. The van der Waals surface area contributed by atoms with Gasteiger partial charge in [-0.3, -0.25) is 9.48 Å². The molecule has 5 nitrogen and oxygen atoms in total. The smallest absolute Gasteiger partial charge is 0.223 e. The summed E-state index contributed by atoms with van der Waals surface area (Å²) in [6.45, 7) is 3.92. The zero-order valence-corrected chi connectivity index (χ0v) is 14.2. The maximum atomic E-state index is 12.6. The highest BCUT2D eigenvalue weighted by Gasteiger charge is 2.36. The summed E-state index contributed by atoms with van der Waals surface area (Å²) in [7, 11) is 0. The average Bonchev–Trinajstić information content (AvgIpc) is 3.08. The van der Waals surface area contributed by atoms with Crippen molar-refractivity contribution in [1.82, 2.24) is 14.7 Å². The summed E-state index contributed by atoms with van der Waals surface area (Å²) in [6, 6.07) is 6.33. The van der Waals surface area contributed by atoms with Crippen LogP contribution in [-0.2, 0) is 17.8 Å². The Balaban J connectivity index is 1.31. The molecule has 1 aliphatic carbocycles. The van der Waals surface area contributed by atoms with E-state index in [9.17, 15) is 4.79 Å². The molecule has 3 unspecified atom stereocenters. The summed E-state index contributed by atoms with van der Waals surface area (Å²) in [5, 5.41) is 4.26. The van der Waals surface area contributed by atoms with Crippen molar-refractivity contribution < 1.29 is 9.21 Å². The van der Waals surface area contributed by atoms with Crippen LogP contribution >= 0.6 is 0 Å². The van der Waals surface area contributed by atoms with Crippen molar-refractivity contribution >= 4 is 5.91 Å². The van der Waals surface area contributed by atoms with E-state index in [0.717, 1.165) is 43.4 Å². The highest BCUT2D eigenvalue weighted by molar-refractivity contribution is 5.77. The van der Waals surface area contributed by atoms with E-state index in [2.05, 4.69) is 18.1 Å². The molecule has 0 bridgehead atoms. The van der Waals surface area contributed by atoms with E-state index in [1.807, 2.05) is 27.9 Å². The van der Waals surface area contributed by atoms with Crippen LogP contribution in [0.4, 0.5) is 0 Å². The van der Waals surface area contributed by atoms with E-state index in [1.165, 1.54) is 6.42 Å². The van der Waals surface area contributed by atoms with Gasteiger partial charge in [0.1, 0.15) is 11.5 Å². The third-order valence-corrected chi connectivity index (χ3v) is 5.40. The van der Waals surface area contributed by atoms with Gasteiger partial charge in [-0.15, -0.1) is 0 Å². The molecule has 4 rings (SSSR count). The largest absolute Gasteiger partial charge is 0.466 e. The molecule has 0 N–H and O–H groups in total. The Morgan fingerprint density at radius 1 is 1.42 bits per heavy atom. The molecule has 128 valence electrons. The first kappa shape index (κ1) is 15.5. The van der Waals surface area contributed by atoms with Crippen LogP contribution in [0.2, 0.25) is 0 Å². The molecular formula is C19H25N3O2. The fourth-order valence-electron chi connectivity index (χ4n) is 3.80. The van der Waals surface area contributed by atoms with Crippen LogP contribution in [0.1, 0.15) is 50.0 Å². The van der Waals surface area contributed by atoms with Gasteiger partial charge in [0.2, 0.25) is 5.91 Å². The Morgan fingerprint density at radius 3 is 3.04 bits per heavy atom. The van der Waals surface area contributed by atoms with Crippen LogP contribution in [0.3, 0.4) is 0 Å². The lowest BCUT2D eigenvalue weighted by atomic mass is 10.2. The molecule has 0 radical (unpaired) electrons. The number of carbonyl (C=O) groups is 1. The number of rotatable bonds is 6. The topological polar surface area (TPSA) is 51.3 Å². The van der Waals surface area contributed by atoms with Gasteiger partial charge < -0.3 is 9.32 Å². The van der Waals surface area contributed by atoms with Gasteiger partial charge in [0.05, 0.1) is 12.6 Å². The Labute approximate surface area is 142 Å². The molecule has 24 heavy (non-hydrogen) atoms. The van der Waals surface area contributed by atoms with Gasteiger partial charge in [0, 0.05) is 37.7 Å². The van der Waals surface area contributed by atoms with E-state index in [0.29, 0.717) is 18.8 Å². The lowest BCUT2D eigenvalue weighted by molar-refractivity contribution is -0.132. The van der Waals surface area contributed by atoms with Crippen molar-refractivity contribution in [1.29, 1.82) is 0 Å². The molecule has 3 heterocycles. The Morgan fingerprint density at radius 2 is 2.29 bits per heavy atom. The predicted octanol–water partition coefficient (Wildman–Crippen LogP) is 3.22. The average molecular weight is 327 g/mol. The predicted molar refractivity (Wildman–Crippen MR) is 90.5 cm³/mol. The van der Waals surface area contributed by atoms with Gasteiger partial charge in [-0.05, 0) is 43.4 Å². The fourth-order valence-corrected chi connectivity index (χ4v) is 3.80. The standard InChI is InChI=1S/C19H25N3O2/c1-14-12-17(14)18-7-5-16(24-18)6-8-19(23)22-11-2-4-15(22)13-21-10-3-9-20-21/h3,5,7,9-10,14-15,17H,2,4,6,8,11-13H2,1H3. The molecule has 1 amide bonds. The molecule has 2 aliphatic rings. The van der Waals surface area contributed by atoms with Crippen molar-refractivity contribution in [2.75, 3.05) is 6.54 Å². The minimum atomic E-state index is 0.238. The zero-order valence-electron chi connectivity index (χ0n) is 14.2. The fraction of sp³-hybridized carbons (Fsp3) is 0.579. The second-order valence-corrected chi connectivity index (χ2v) is 7.23. The number of nitrogens with zero attached hydrogens (tertiary/aromatic N) is 3. The van der Waals surface area contributed by atoms with Crippen molar-refractivity contribution in [3.8, 4) is 0 Å². The molecule has 1 aliphatic heterocycles. The monoisotopic (exact) mass is 327 g/mol. The van der Waals surface area contributed by atoms with Crippen LogP contribution in [-0.4, -0.2) is 33.2 Å². The molecular weight excluding hydrogens is 302 g/mol. The first-order chi connectivity index (χ1) is 11.7. The summed E-state index contributed by atoms with van der Waals surface area (Å²) >= 11 is 0. The molecule has 1 saturated heterocycles. The maximum Gasteiger partial charge on any atom is 0.223 e. The second-order valence-electron chi connectivity index (χ2n) is 7.23. The minimum Gasteiger partial charge on any atom is -0.466 e. The van der Waals surface area contributed by atoms with E-state index in [1.54, 1.807) is 6.20 Å². The van der Waals surface area contributed by atoms with E-state index >= 15 is 0 Å². The van der Waals surface area contributed by atoms with Gasteiger partial charge in [-0.2, -0.15) is 5.10 Å². The van der Waals surface area contributed by atoms with Gasteiger partial charge in [0.15, 0.2) is 0 Å². The molecule has 2 aromatic rings. The van der Waals surface area contributed by atoms with E-state index in [-0.39, 0.29) is 11.9 Å². The van der Waals surface area contributed by atoms with Gasteiger partial charge in [-0.1, -0.05) is 6.92 Å². The summed E-state index contributed by atoms with van der Waals surface area (Å²) in [6.07, 6.45) is 8.36. The molecule has 2 fully saturated rings. The minimum absolute atomic E-state index is 0.238. The normalized spacial score (nSPS) is 26.0. The summed E-state index contributed by atoms with van der Waals surface area (Å²) < 4.78 is 7.84. The van der Waals surface area contributed by atoms with Crippen LogP contribution in [0.15, 0.2) is 35.0 Å². The van der Waals surface area contributed by atoms with Gasteiger partial charge in [0.25, 0.3) is 0 Å². The van der Waals surface area contributed by atoms with Crippen LogP contribution in [0.5, 0.6) is 0 Å². The van der Waals surface area contributed by atoms with E-state index < -0.39 is 0 Å².